The van der Waals surface area contributed by atoms with Gasteiger partial charge in [-0.1, -0.05) is 23.7 Å². The summed E-state index contributed by atoms with van der Waals surface area (Å²) in [5, 5.41) is 12.6. The molecule has 0 aliphatic carbocycles. The van der Waals surface area contributed by atoms with Crippen molar-refractivity contribution in [2.45, 2.75) is 17.1 Å². The highest BCUT2D eigenvalue weighted by Crippen LogP contribution is 2.25. The predicted octanol–water partition coefficient (Wildman–Crippen LogP) is 1.95. The molecule has 2 heterocycles. The van der Waals surface area contributed by atoms with E-state index >= 15 is 0 Å². The number of halogens is 4. The summed E-state index contributed by atoms with van der Waals surface area (Å²) < 4.78 is 64.8. The number of piperazine rings is 1. The molecule has 0 saturated carbocycles. The number of nitrogens with zero attached hydrogens (tertiary/aromatic N) is 2. The maximum Gasteiger partial charge on any atom is 0.490 e. The van der Waals surface area contributed by atoms with E-state index in [1.165, 1.54) is 4.31 Å². The molecule has 1 amide bonds. The highest BCUT2D eigenvalue weighted by molar-refractivity contribution is 7.89. The number of hydrogen-bond acceptors (Lipinski definition) is 6. The number of amides is 1. The number of benzene rings is 2. The largest absolute Gasteiger partial charge is 0.490 e. The molecular formula is C21H23ClF3N3O6S. The molecule has 2 N–H and O–H groups in total. The van der Waals surface area contributed by atoms with E-state index in [1.54, 1.807) is 41.3 Å². The number of fused-ring (bicyclic) bond motifs is 1. The standard InChI is InChI=1S/C19H22ClN3O4S.C2HF3O2/c20-16-3-1-15-12-17(4-2-14(15)11-16)28(25,26)23-6-5-21-18(13-23)19(24)22-7-9-27-10-8-22;3-2(4,5)1(6)7/h1-4,11-12,18,21H,5-10,13H2;(H,6,7). The summed E-state index contributed by atoms with van der Waals surface area (Å²) in [4.78, 5) is 23.6. The van der Waals surface area contributed by atoms with Crippen LogP contribution in [0.25, 0.3) is 10.8 Å². The van der Waals surface area contributed by atoms with E-state index in [-0.39, 0.29) is 17.3 Å². The Morgan fingerprint density at radius 1 is 1.06 bits per heavy atom. The Kier molecular flexibility index (Phi) is 8.59. The normalized spacial score (nSPS) is 19.7. The van der Waals surface area contributed by atoms with Crippen LogP contribution in [0.15, 0.2) is 41.3 Å². The van der Waals surface area contributed by atoms with Gasteiger partial charge in [0, 0.05) is 37.7 Å². The van der Waals surface area contributed by atoms with Gasteiger partial charge in [0.2, 0.25) is 15.9 Å². The van der Waals surface area contributed by atoms with Crippen LogP contribution in [0.2, 0.25) is 5.02 Å². The summed E-state index contributed by atoms with van der Waals surface area (Å²) in [7, 11) is -3.70. The number of sulfonamides is 1. The van der Waals surface area contributed by atoms with Crippen molar-refractivity contribution in [1.82, 2.24) is 14.5 Å². The molecule has 192 valence electrons. The fraction of sp³-hybridized carbons (Fsp3) is 0.429. The van der Waals surface area contributed by atoms with E-state index in [4.69, 9.17) is 26.2 Å². The number of carbonyl (C=O) groups is 2. The van der Waals surface area contributed by atoms with Gasteiger partial charge in [0.25, 0.3) is 0 Å². The van der Waals surface area contributed by atoms with Crippen LogP contribution in [0.4, 0.5) is 13.2 Å². The lowest BCUT2D eigenvalue weighted by Crippen LogP contribution is -2.60. The second-order valence-corrected chi connectivity index (χ2v) is 10.1. The molecule has 0 radical (unpaired) electrons. The molecule has 0 aromatic heterocycles. The maximum atomic E-state index is 13.2. The number of carbonyl (C=O) groups excluding carboxylic acids is 1. The molecule has 4 rings (SSSR count). The second kappa shape index (κ2) is 11.1. The van der Waals surface area contributed by atoms with Gasteiger partial charge in [0.1, 0.15) is 6.04 Å². The third kappa shape index (κ3) is 6.82. The van der Waals surface area contributed by atoms with Crippen LogP contribution < -0.4 is 5.32 Å². The van der Waals surface area contributed by atoms with Crippen LogP contribution in [0, 0.1) is 0 Å². The monoisotopic (exact) mass is 537 g/mol. The smallest absolute Gasteiger partial charge is 0.475 e. The average molecular weight is 538 g/mol. The Bertz CT molecular complexity index is 1190. The molecule has 0 spiro atoms. The van der Waals surface area contributed by atoms with E-state index in [2.05, 4.69) is 5.32 Å². The molecule has 2 aromatic rings. The molecule has 14 heteroatoms. The lowest BCUT2D eigenvalue weighted by molar-refractivity contribution is -0.192. The fourth-order valence-corrected chi connectivity index (χ4v) is 5.29. The molecule has 9 nitrogen and oxygen atoms in total. The van der Waals surface area contributed by atoms with E-state index in [9.17, 15) is 26.4 Å². The summed E-state index contributed by atoms with van der Waals surface area (Å²) in [5.41, 5.74) is 0. The highest BCUT2D eigenvalue weighted by Gasteiger charge is 2.38. The quantitative estimate of drug-likeness (QED) is 0.615. The molecule has 2 saturated heterocycles. The number of hydrogen-bond donors (Lipinski definition) is 2. The zero-order chi connectivity index (χ0) is 25.8. The van der Waals surface area contributed by atoms with E-state index in [0.29, 0.717) is 44.4 Å². The van der Waals surface area contributed by atoms with E-state index in [0.717, 1.165) is 10.8 Å². The van der Waals surface area contributed by atoms with E-state index in [1.807, 2.05) is 0 Å². The molecule has 1 unspecified atom stereocenters. The zero-order valence-corrected chi connectivity index (χ0v) is 19.9. The van der Waals surface area contributed by atoms with Crippen LogP contribution >= 0.6 is 11.6 Å². The van der Waals surface area contributed by atoms with Crippen molar-refractivity contribution in [3.8, 4) is 0 Å². The van der Waals surface area contributed by atoms with Crippen LogP contribution in [-0.2, 0) is 24.3 Å². The minimum absolute atomic E-state index is 0.0728. The summed E-state index contributed by atoms with van der Waals surface area (Å²) in [5.74, 6) is -2.83. The number of ether oxygens (including phenoxy) is 1. The molecule has 2 aromatic carbocycles. The first-order valence-electron chi connectivity index (χ1n) is 10.5. The third-order valence-electron chi connectivity index (χ3n) is 5.41. The first kappa shape index (κ1) is 27.1. The van der Waals surface area contributed by atoms with Gasteiger partial charge >= 0.3 is 12.1 Å². The summed E-state index contributed by atoms with van der Waals surface area (Å²) in [6.07, 6.45) is -5.08. The maximum absolute atomic E-state index is 13.2. The van der Waals surface area contributed by atoms with Gasteiger partial charge in [-0.25, -0.2) is 13.2 Å². The Morgan fingerprint density at radius 3 is 2.29 bits per heavy atom. The molecular weight excluding hydrogens is 515 g/mol. The topological polar surface area (TPSA) is 116 Å². The van der Waals surface area contributed by atoms with Crippen LogP contribution in [-0.4, -0.2) is 92.8 Å². The van der Waals surface area contributed by atoms with Crippen molar-refractivity contribution in [3.63, 3.8) is 0 Å². The lowest BCUT2D eigenvalue weighted by atomic mass is 10.1. The van der Waals surface area contributed by atoms with Gasteiger partial charge in [-0.15, -0.1) is 0 Å². The predicted molar refractivity (Wildman–Crippen MR) is 121 cm³/mol. The first-order valence-corrected chi connectivity index (χ1v) is 12.3. The van der Waals surface area contributed by atoms with Crippen molar-refractivity contribution >= 4 is 44.3 Å². The molecule has 35 heavy (non-hydrogen) atoms. The number of carboxylic acids is 1. The Hall–Kier alpha value is -2.45. The van der Waals surface area contributed by atoms with Crippen molar-refractivity contribution < 1.29 is 41.0 Å². The molecule has 2 aliphatic heterocycles. The van der Waals surface area contributed by atoms with Crippen molar-refractivity contribution in [1.29, 1.82) is 0 Å². The highest BCUT2D eigenvalue weighted by atomic mass is 35.5. The minimum Gasteiger partial charge on any atom is -0.475 e. The number of alkyl halides is 3. The number of nitrogens with one attached hydrogen (secondary N) is 1. The molecule has 1 atom stereocenters. The van der Waals surface area contributed by atoms with Gasteiger partial charge < -0.3 is 20.1 Å². The summed E-state index contributed by atoms with van der Waals surface area (Å²) in [6, 6.07) is 9.81. The Labute approximate surface area is 204 Å². The van der Waals surface area contributed by atoms with Crippen LogP contribution in [0.3, 0.4) is 0 Å². The minimum atomic E-state index is -5.08. The lowest BCUT2D eigenvalue weighted by Gasteiger charge is -2.36. The van der Waals surface area contributed by atoms with Crippen LogP contribution in [0.5, 0.6) is 0 Å². The average Bonchev–Trinajstić information content (AvgIpc) is 2.83. The van der Waals surface area contributed by atoms with Gasteiger partial charge in [-0.2, -0.15) is 17.5 Å². The third-order valence-corrected chi connectivity index (χ3v) is 7.51. The Balaban J connectivity index is 0.000000429. The van der Waals surface area contributed by atoms with Gasteiger partial charge in [-0.05, 0) is 35.0 Å². The number of aliphatic carboxylic acids is 1. The number of carboxylic acid groups (broad SMARTS) is 1. The van der Waals surface area contributed by atoms with Crippen molar-refractivity contribution in [3.05, 3.63) is 41.4 Å². The zero-order valence-electron chi connectivity index (χ0n) is 18.3. The Morgan fingerprint density at radius 2 is 1.66 bits per heavy atom. The van der Waals surface area contributed by atoms with Crippen molar-refractivity contribution in [2.24, 2.45) is 0 Å². The first-order chi connectivity index (χ1) is 16.4. The summed E-state index contributed by atoms with van der Waals surface area (Å²) >= 11 is 6.00. The van der Waals surface area contributed by atoms with Crippen LogP contribution in [0.1, 0.15) is 0 Å². The molecule has 0 bridgehead atoms. The van der Waals surface area contributed by atoms with E-state index < -0.39 is 28.2 Å². The van der Waals surface area contributed by atoms with Gasteiger partial charge in [0.15, 0.2) is 0 Å². The molecule has 2 fully saturated rings. The van der Waals surface area contributed by atoms with Gasteiger partial charge in [0.05, 0.1) is 18.1 Å². The fourth-order valence-electron chi connectivity index (χ4n) is 3.61. The molecule has 2 aliphatic rings. The number of rotatable bonds is 3. The van der Waals surface area contributed by atoms with Crippen molar-refractivity contribution in [2.75, 3.05) is 45.9 Å². The summed E-state index contributed by atoms with van der Waals surface area (Å²) in [6.45, 7) is 2.99. The SMILES string of the molecule is O=C(C1CN(S(=O)(=O)c2ccc3cc(Cl)ccc3c2)CCN1)N1CCOCC1.O=C(O)C(F)(F)F. The van der Waals surface area contributed by atoms with Gasteiger partial charge in [-0.3, -0.25) is 4.79 Å². The second-order valence-electron chi connectivity index (χ2n) is 7.76. The number of morpholine rings is 1.